The minimum Gasteiger partial charge on any atom is -0.379 e. The van der Waals surface area contributed by atoms with Gasteiger partial charge in [-0.2, -0.15) is 0 Å². The van der Waals surface area contributed by atoms with Crippen LogP contribution in [0.15, 0.2) is 42.5 Å². The Balaban J connectivity index is 1.39. The minimum absolute atomic E-state index is 0.0144. The van der Waals surface area contributed by atoms with Crippen LogP contribution in [0.5, 0.6) is 0 Å². The number of amides is 2. The van der Waals surface area contributed by atoms with Gasteiger partial charge in [-0.05, 0) is 57.7 Å². The van der Waals surface area contributed by atoms with Crippen LogP contribution >= 0.6 is 0 Å². The third-order valence-corrected chi connectivity index (χ3v) is 5.46. The number of nitrogens with one attached hydrogen (secondary N) is 2. The minimum atomic E-state index is -0.0144. The maximum Gasteiger partial charge on any atom is 0.238 e. The van der Waals surface area contributed by atoms with Crippen molar-refractivity contribution in [1.29, 1.82) is 0 Å². The Labute approximate surface area is 179 Å². The molecule has 2 amide bonds. The number of hydrogen-bond acceptors (Lipinski definition) is 4. The molecule has 1 saturated heterocycles. The molecule has 2 N–H and O–H groups in total. The highest BCUT2D eigenvalue weighted by molar-refractivity contribution is 6.02. The molecular formula is C24H33N3O3. The van der Waals surface area contributed by atoms with Crippen molar-refractivity contribution in [2.45, 2.75) is 39.2 Å². The molecule has 2 aromatic carbocycles. The van der Waals surface area contributed by atoms with Crippen LogP contribution in [-0.2, 0) is 14.3 Å². The molecule has 0 bridgehead atoms. The van der Waals surface area contributed by atoms with Gasteiger partial charge in [0.1, 0.15) is 0 Å². The highest BCUT2D eigenvalue weighted by atomic mass is 16.5. The fraction of sp³-hybridized carbons (Fsp3) is 0.500. The van der Waals surface area contributed by atoms with Gasteiger partial charge in [0.25, 0.3) is 0 Å². The Morgan fingerprint density at radius 3 is 2.60 bits per heavy atom. The van der Waals surface area contributed by atoms with Crippen molar-refractivity contribution in [1.82, 2.24) is 10.2 Å². The molecule has 2 aromatic rings. The van der Waals surface area contributed by atoms with Crippen LogP contribution in [0.3, 0.4) is 0 Å². The van der Waals surface area contributed by atoms with E-state index < -0.39 is 0 Å². The van der Waals surface area contributed by atoms with Crippen LogP contribution in [0.2, 0.25) is 0 Å². The predicted molar refractivity (Wildman–Crippen MR) is 120 cm³/mol. The van der Waals surface area contributed by atoms with E-state index in [1.807, 2.05) is 56.3 Å². The zero-order chi connectivity index (χ0) is 21.3. The maximum atomic E-state index is 12.5. The molecule has 6 heteroatoms. The summed E-state index contributed by atoms with van der Waals surface area (Å²) in [5, 5.41) is 8.21. The highest BCUT2D eigenvalue weighted by Crippen LogP contribution is 2.23. The number of piperidine rings is 1. The van der Waals surface area contributed by atoms with Crippen molar-refractivity contribution in [3.63, 3.8) is 0 Å². The Morgan fingerprint density at radius 1 is 1.10 bits per heavy atom. The number of carbonyl (C=O) groups excluding carboxylic acids is 2. The molecule has 0 radical (unpaired) electrons. The number of benzene rings is 2. The van der Waals surface area contributed by atoms with Crippen molar-refractivity contribution in [3.05, 3.63) is 42.5 Å². The molecule has 1 aliphatic heterocycles. The SMILES string of the molecule is CC(C)OCCCNC(=O)C1CCN(CC(=O)Nc2cccc3ccccc23)CC1. The predicted octanol–water partition coefficient (Wildman–Crippen LogP) is 3.42. The van der Waals surface area contributed by atoms with Gasteiger partial charge >= 0.3 is 0 Å². The average Bonchev–Trinajstić information content (AvgIpc) is 2.74. The van der Waals surface area contributed by atoms with E-state index in [0.29, 0.717) is 19.7 Å². The van der Waals surface area contributed by atoms with Gasteiger partial charge in [-0.1, -0.05) is 36.4 Å². The summed E-state index contributed by atoms with van der Waals surface area (Å²) in [5.74, 6) is 0.146. The summed E-state index contributed by atoms with van der Waals surface area (Å²) in [4.78, 5) is 27.0. The lowest BCUT2D eigenvalue weighted by Crippen LogP contribution is -2.43. The first-order valence-corrected chi connectivity index (χ1v) is 10.9. The monoisotopic (exact) mass is 411 g/mol. The van der Waals surface area contributed by atoms with Gasteiger partial charge in [-0.3, -0.25) is 14.5 Å². The lowest BCUT2D eigenvalue weighted by molar-refractivity contribution is -0.126. The fourth-order valence-corrected chi connectivity index (χ4v) is 3.83. The van der Waals surface area contributed by atoms with E-state index in [-0.39, 0.29) is 23.8 Å². The Kier molecular flexibility index (Phi) is 8.22. The third kappa shape index (κ3) is 6.54. The van der Waals surface area contributed by atoms with E-state index in [4.69, 9.17) is 4.74 Å². The van der Waals surface area contributed by atoms with Gasteiger partial charge in [0.2, 0.25) is 11.8 Å². The van der Waals surface area contributed by atoms with Crippen LogP contribution in [0, 0.1) is 5.92 Å². The largest absolute Gasteiger partial charge is 0.379 e. The number of carbonyl (C=O) groups is 2. The van der Waals surface area contributed by atoms with Crippen molar-refractivity contribution in [2.75, 3.05) is 38.1 Å². The first-order valence-electron chi connectivity index (χ1n) is 10.9. The molecule has 0 spiro atoms. The van der Waals surface area contributed by atoms with Gasteiger partial charge in [0, 0.05) is 30.1 Å². The summed E-state index contributed by atoms with van der Waals surface area (Å²) in [6.07, 6.45) is 2.63. The quantitative estimate of drug-likeness (QED) is 0.621. The molecule has 0 unspecified atom stereocenters. The van der Waals surface area contributed by atoms with Crippen molar-refractivity contribution in [2.24, 2.45) is 5.92 Å². The summed E-state index contributed by atoms with van der Waals surface area (Å²) in [7, 11) is 0. The lowest BCUT2D eigenvalue weighted by atomic mass is 9.96. The van der Waals surface area contributed by atoms with E-state index in [1.54, 1.807) is 0 Å². The van der Waals surface area contributed by atoms with Crippen LogP contribution in [-0.4, -0.2) is 55.6 Å². The van der Waals surface area contributed by atoms with E-state index in [2.05, 4.69) is 15.5 Å². The summed E-state index contributed by atoms with van der Waals surface area (Å²) < 4.78 is 5.49. The normalized spacial score (nSPS) is 15.4. The van der Waals surface area contributed by atoms with Crippen LogP contribution in [0.4, 0.5) is 5.69 Å². The fourth-order valence-electron chi connectivity index (χ4n) is 3.83. The first-order chi connectivity index (χ1) is 14.5. The molecule has 30 heavy (non-hydrogen) atoms. The summed E-state index contributed by atoms with van der Waals surface area (Å²) >= 11 is 0. The van der Waals surface area contributed by atoms with Gasteiger partial charge in [0.15, 0.2) is 0 Å². The van der Waals surface area contributed by atoms with E-state index in [9.17, 15) is 9.59 Å². The second-order valence-corrected chi connectivity index (χ2v) is 8.19. The molecular weight excluding hydrogens is 378 g/mol. The van der Waals surface area contributed by atoms with E-state index in [0.717, 1.165) is 48.8 Å². The molecule has 1 heterocycles. The van der Waals surface area contributed by atoms with Gasteiger partial charge in [-0.25, -0.2) is 0 Å². The summed E-state index contributed by atoms with van der Waals surface area (Å²) in [5.41, 5.74) is 0.841. The van der Waals surface area contributed by atoms with Crippen molar-refractivity contribution >= 4 is 28.3 Å². The molecule has 0 aliphatic carbocycles. The molecule has 162 valence electrons. The number of nitrogens with zero attached hydrogens (tertiary/aromatic N) is 1. The summed E-state index contributed by atoms with van der Waals surface area (Å²) in [6.45, 7) is 7.21. The Hall–Kier alpha value is -2.44. The second-order valence-electron chi connectivity index (χ2n) is 8.19. The smallest absolute Gasteiger partial charge is 0.238 e. The van der Waals surface area contributed by atoms with E-state index in [1.165, 1.54) is 0 Å². The first kappa shape index (κ1) is 22.2. The molecule has 0 atom stereocenters. The molecule has 0 aromatic heterocycles. The molecule has 1 fully saturated rings. The number of ether oxygens (including phenoxy) is 1. The van der Waals surface area contributed by atoms with Crippen LogP contribution in [0.1, 0.15) is 33.1 Å². The van der Waals surface area contributed by atoms with Crippen LogP contribution < -0.4 is 10.6 Å². The number of rotatable bonds is 9. The Bertz CT molecular complexity index is 839. The third-order valence-electron chi connectivity index (χ3n) is 5.46. The zero-order valence-corrected chi connectivity index (χ0v) is 18.0. The Morgan fingerprint density at radius 2 is 1.83 bits per heavy atom. The molecule has 3 rings (SSSR count). The highest BCUT2D eigenvalue weighted by Gasteiger charge is 2.25. The van der Waals surface area contributed by atoms with Crippen LogP contribution in [0.25, 0.3) is 10.8 Å². The summed E-state index contributed by atoms with van der Waals surface area (Å²) in [6, 6.07) is 14.0. The standard InChI is InChI=1S/C24H33N3O3/c1-18(2)30-16-6-13-25-24(29)20-11-14-27(15-12-20)17-23(28)26-22-10-5-8-19-7-3-4-9-21(19)22/h3-5,7-10,18,20H,6,11-17H2,1-2H3,(H,25,29)(H,26,28). The molecule has 1 aliphatic rings. The number of likely N-dealkylation sites (tertiary alicyclic amines) is 1. The van der Waals surface area contributed by atoms with Gasteiger partial charge < -0.3 is 15.4 Å². The van der Waals surface area contributed by atoms with E-state index >= 15 is 0 Å². The topological polar surface area (TPSA) is 70.7 Å². The molecule has 0 saturated carbocycles. The van der Waals surface area contributed by atoms with Gasteiger partial charge in [-0.15, -0.1) is 0 Å². The number of anilines is 1. The van der Waals surface area contributed by atoms with Crippen molar-refractivity contribution < 1.29 is 14.3 Å². The zero-order valence-electron chi connectivity index (χ0n) is 18.0. The molecule has 6 nitrogen and oxygen atoms in total. The second kappa shape index (κ2) is 11.1. The lowest BCUT2D eigenvalue weighted by Gasteiger charge is -2.30. The maximum absolute atomic E-state index is 12.5. The van der Waals surface area contributed by atoms with Crippen molar-refractivity contribution in [3.8, 4) is 0 Å². The number of fused-ring (bicyclic) bond motifs is 1. The number of hydrogen-bond donors (Lipinski definition) is 2. The average molecular weight is 412 g/mol. The van der Waals surface area contributed by atoms with Gasteiger partial charge in [0.05, 0.1) is 12.6 Å².